The number of amides is 2. The summed E-state index contributed by atoms with van der Waals surface area (Å²) in [7, 11) is -2.04. The number of nitrogens with zero attached hydrogens (tertiary/aromatic N) is 4. The molecule has 0 aliphatic carbocycles. The summed E-state index contributed by atoms with van der Waals surface area (Å²) in [6.07, 6.45) is 1.07. The molecule has 1 aromatic heterocycles. The third kappa shape index (κ3) is 4.71. The van der Waals surface area contributed by atoms with Crippen LogP contribution in [0.4, 0.5) is 0 Å². The molecular weight excluding hydrogens is 450 g/mol. The van der Waals surface area contributed by atoms with E-state index in [2.05, 4.69) is 15.2 Å². The topological polar surface area (TPSA) is 140 Å². The Morgan fingerprint density at radius 3 is 2.58 bits per heavy atom. The molecule has 1 aromatic rings. The molecule has 3 aliphatic rings. The summed E-state index contributed by atoms with van der Waals surface area (Å²) in [5.41, 5.74) is 0.449. The highest BCUT2D eigenvalue weighted by atomic mass is 32.2. The highest BCUT2D eigenvalue weighted by Gasteiger charge is 2.48. The second-order valence-corrected chi connectivity index (χ2v) is 10.6. The summed E-state index contributed by atoms with van der Waals surface area (Å²) < 4.78 is 26.5. The van der Waals surface area contributed by atoms with Gasteiger partial charge in [-0.1, -0.05) is 0 Å². The fourth-order valence-electron chi connectivity index (χ4n) is 4.33. The normalized spacial score (nSPS) is 21.4. The van der Waals surface area contributed by atoms with Gasteiger partial charge < -0.3 is 20.2 Å². The second-order valence-electron chi connectivity index (χ2n) is 8.49. The maximum absolute atomic E-state index is 13.2. The van der Waals surface area contributed by atoms with Gasteiger partial charge in [0.15, 0.2) is 15.6 Å². The molecule has 178 valence electrons. The summed E-state index contributed by atoms with van der Waals surface area (Å²) in [6.45, 7) is 2.67. The average molecular weight is 478 g/mol. The molecule has 33 heavy (non-hydrogen) atoms. The first-order valence-electron chi connectivity index (χ1n) is 10.8. The largest absolute Gasteiger partial charge is 0.506 e. The van der Waals surface area contributed by atoms with Gasteiger partial charge in [-0.05, 0) is 19.2 Å². The molecule has 0 aromatic carbocycles. The lowest BCUT2D eigenvalue weighted by atomic mass is 10.2. The summed E-state index contributed by atoms with van der Waals surface area (Å²) >= 11 is 0. The summed E-state index contributed by atoms with van der Waals surface area (Å²) in [5.74, 6) is -1.95. The molecule has 0 bridgehead atoms. The number of Topliss-reactive ketones (excluding diaryl/α,β-unsaturated/α-hetero) is 1. The SMILES string of the molecule is CN1CCN(C(=O)CCC(=O)N2C3=C(CC2S(=O)(=O)Cc2ncccc2O)NCC3=O)CC1. The molecule has 0 radical (unpaired) electrons. The van der Waals surface area contributed by atoms with Gasteiger partial charge in [-0.15, -0.1) is 0 Å². The van der Waals surface area contributed by atoms with Crippen LogP contribution in [-0.4, -0.2) is 96.0 Å². The molecule has 1 fully saturated rings. The molecule has 0 spiro atoms. The first kappa shape index (κ1) is 23.2. The lowest BCUT2D eigenvalue weighted by Gasteiger charge is -2.32. The maximum Gasteiger partial charge on any atom is 0.228 e. The molecule has 11 nitrogen and oxygen atoms in total. The molecule has 1 unspecified atom stereocenters. The van der Waals surface area contributed by atoms with Crippen molar-refractivity contribution >= 4 is 27.4 Å². The van der Waals surface area contributed by atoms with Crippen molar-refractivity contribution in [1.29, 1.82) is 0 Å². The molecule has 4 rings (SSSR count). The van der Waals surface area contributed by atoms with Crippen LogP contribution in [0.1, 0.15) is 25.0 Å². The van der Waals surface area contributed by atoms with Crippen LogP contribution in [0.5, 0.6) is 5.75 Å². The number of pyridine rings is 1. The Morgan fingerprint density at radius 2 is 1.88 bits per heavy atom. The standard InChI is InChI=1S/C21H27N5O6S/c1-24-7-9-25(10-8-24)18(29)4-5-19(30)26-20(11-14-21(26)17(28)12-23-14)33(31,32)13-15-16(27)3-2-6-22-15/h2-3,6,20,23,27H,4-5,7-13H2,1H3. The molecule has 1 saturated heterocycles. The average Bonchev–Trinajstić information content (AvgIpc) is 3.34. The third-order valence-corrected chi connectivity index (χ3v) is 8.10. The molecule has 4 heterocycles. The van der Waals surface area contributed by atoms with Crippen molar-refractivity contribution in [1.82, 2.24) is 25.0 Å². The van der Waals surface area contributed by atoms with Gasteiger partial charge in [-0.3, -0.25) is 24.3 Å². The zero-order valence-electron chi connectivity index (χ0n) is 18.4. The van der Waals surface area contributed by atoms with Gasteiger partial charge in [-0.2, -0.15) is 0 Å². The summed E-state index contributed by atoms with van der Waals surface area (Å²) in [4.78, 5) is 46.9. The lowest BCUT2D eigenvalue weighted by molar-refractivity contribution is -0.137. The van der Waals surface area contributed by atoms with Gasteiger partial charge in [0.1, 0.15) is 16.8 Å². The Hall–Kier alpha value is -2.99. The minimum absolute atomic E-state index is 0.00245. The summed E-state index contributed by atoms with van der Waals surface area (Å²) in [6, 6.07) is 2.82. The predicted molar refractivity (Wildman–Crippen MR) is 117 cm³/mol. The number of ketones is 1. The van der Waals surface area contributed by atoms with Crippen LogP contribution in [0.2, 0.25) is 0 Å². The fraction of sp³-hybridized carbons (Fsp3) is 0.524. The maximum atomic E-state index is 13.2. The fourth-order valence-corrected chi connectivity index (χ4v) is 6.09. The van der Waals surface area contributed by atoms with E-state index in [1.807, 2.05) is 7.05 Å². The molecule has 2 N–H and O–H groups in total. The van der Waals surface area contributed by atoms with Crippen molar-refractivity contribution in [3.05, 3.63) is 35.4 Å². The van der Waals surface area contributed by atoms with E-state index < -0.39 is 26.9 Å². The number of hydrogen-bond acceptors (Lipinski definition) is 9. The minimum atomic E-state index is -4.01. The van der Waals surface area contributed by atoms with Gasteiger partial charge in [0, 0.05) is 57.3 Å². The number of likely N-dealkylation sites (N-methyl/N-ethyl adjacent to an activating group) is 1. The predicted octanol–water partition coefficient (Wildman–Crippen LogP) is -0.801. The summed E-state index contributed by atoms with van der Waals surface area (Å²) in [5, 5.41) is 11.5. The number of carbonyl (C=O) groups excluding carboxylic acids is 3. The van der Waals surface area contributed by atoms with E-state index in [0.717, 1.165) is 18.0 Å². The number of sulfone groups is 1. The molecular formula is C21H27N5O6S. The van der Waals surface area contributed by atoms with Crippen LogP contribution in [-0.2, 0) is 30.0 Å². The Morgan fingerprint density at radius 1 is 1.18 bits per heavy atom. The van der Waals surface area contributed by atoms with Crippen LogP contribution in [0.25, 0.3) is 0 Å². The Balaban J connectivity index is 1.50. The van der Waals surface area contributed by atoms with E-state index in [9.17, 15) is 27.9 Å². The number of rotatable bonds is 6. The van der Waals surface area contributed by atoms with E-state index in [4.69, 9.17) is 0 Å². The van der Waals surface area contributed by atoms with Crippen molar-refractivity contribution in [2.24, 2.45) is 0 Å². The van der Waals surface area contributed by atoms with Crippen LogP contribution < -0.4 is 5.32 Å². The first-order chi connectivity index (χ1) is 15.7. The molecule has 1 atom stereocenters. The van der Waals surface area contributed by atoms with Crippen LogP contribution in [0, 0.1) is 0 Å². The quantitative estimate of drug-likeness (QED) is 0.539. The second kappa shape index (κ2) is 9.10. The highest BCUT2D eigenvalue weighted by molar-refractivity contribution is 7.91. The van der Waals surface area contributed by atoms with Crippen molar-refractivity contribution in [3.63, 3.8) is 0 Å². The minimum Gasteiger partial charge on any atom is -0.506 e. The molecule has 12 heteroatoms. The lowest BCUT2D eigenvalue weighted by Crippen LogP contribution is -2.47. The van der Waals surface area contributed by atoms with Crippen molar-refractivity contribution < 1.29 is 27.9 Å². The van der Waals surface area contributed by atoms with E-state index >= 15 is 0 Å². The molecule has 0 saturated carbocycles. The van der Waals surface area contributed by atoms with Crippen LogP contribution in [0.15, 0.2) is 29.7 Å². The van der Waals surface area contributed by atoms with E-state index in [0.29, 0.717) is 18.8 Å². The number of aromatic hydroxyl groups is 1. The smallest absolute Gasteiger partial charge is 0.228 e. The van der Waals surface area contributed by atoms with E-state index in [1.54, 1.807) is 4.90 Å². The third-order valence-electron chi connectivity index (χ3n) is 6.22. The zero-order chi connectivity index (χ0) is 23.8. The van der Waals surface area contributed by atoms with Gasteiger partial charge in [0.05, 0.1) is 18.0 Å². The van der Waals surface area contributed by atoms with Gasteiger partial charge in [-0.25, -0.2) is 8.42 Å². The Kier molecular flexibility index (Phi) is 6.39. The van der Waals surface area contributed by atoms with Crippen molar-refractivity contribution in [2.75, 3.05) is 39.8 Å². The Labute approximate surface area is 192 Å². The number of nitrogens with one attached hydrogen (secondary N) is 1. The number of hydrogen-bond donors (Lipinski definition) is 2. The highest BCUT2D eigenvalue weighted by Crippen LogP contribution is 2.36. The Bertz CT molecular complexity index is 1110. The molecule has 2 amide bonds. The first-order valence-corrected chi connectivity index (χ1v) is 12.5. The van der Waals surface area contributed by atoms with Crippen molar-refractivity contribution in [2.45, 2.75) is 30.4 Å². The van der Waals surface area contributed by atoms with E-state index in [1.165, 1.54) is 18.3 Å². The number of piperazine rings is 1. The number of aromatic nitrogens is 1. The van der Waals surface area contributed by atoms with Gasteiger partial charge in [0.2, 0.25) is 11.8 Å². The molecule has 3 aliphatic heterocycles. The number of carbonyl (C=O) groups is 3. The van der Waals surface area contributed by atoms with Gasteiger partial charge >= 0.3 is 0 Å². The van der Waals surface area contributed by atoms with Crippen LogP contribution >= 0.6 is 0 Å². The zero-order valence-corrected chi connectivity index (χ0v) is 19.2. The van der Waals surface area contributed by atoms with Gasteiger partial charge in [0.25, 0.3) is 0 Å². The monoisotopic (exact) mass is 477 g/mol. The van der Waals surface area contributed by atoms with Crippen molar-refractivity contribution in [3.8, 4) is 5.75 Å². The van der Waals surface area contributed by atoms with E-state index in [-0.39, 0.29) is 54.6 Å². The van der Waals surface area contributed by atoms with Crippen LogP contribution in [0.3, 0.4) is 0 Å².